The van der Waals surface area contributed by atoms with E-state index in [-0.39, 0.29) is 10.8 Å². The highest BCUT2D eigenvalue weighted by Crippen LogP contribution is 2.20. The van der Waals surface area contributed by atoms with Crippen LogP contribution in [-0.2, 0) is 9.05 Å². The molecular weight excluding hydrogens is 227 g/mol. The lowest BCUT2D eigenvalue weighted by molar-refractivity contribution is 0.447. The molecule has 5 heteroatoms. The molecule has 0 aliphatic carbocycles. The van der Waals surface area contributed by atoms with Gasteiger partial charge in [-0.2, -0.15) is 0 Å². The first-order valence-electron chi connectivity index (χ1n) is 4.05. The van der Waals surface area contributed by atoms with E-state index in [1.54, 1.807) is 19.1 Å². The maximum atomic E-state index is 12.3. The zero-order valence-electron chi connectivity index (χ0n) is 7.57. The summed E-state index contributed by atoms with van der Waals surface area (Å²) in [6.45, 7) is 1.26. The summed E-state index contributed by atoms with van der Waals surface area (Å²) in [5, 5.41) is 0. The van der Waals surface area contributed by atoms with E-state index in [9.17, 15) is 12.8 Å². The van der Waals surface area contributed by atoms with Crippen LogP contribution in [0.15, 0.2) is 29.2 Å². The van der Waals surface area contributed by atoms with Gasteiger partial charge in [0.2, 0.25) is 0 Å². The molecule has 0 N–H and O–H groups in total. The van der Waals surface area contributed by atoms with Crippen molar-refractivity contribution in [1.29, 1.82) is 0 Å². The minimum Gasteiger partial charge on any atom is -0.250 e. The van der Waals surface area contributed by atoms with E-state index in [1.807, 2.05) is 0 Å². The summed E-state index contributed by atoms with van der Waals surface area (Å²) in [4.78, 5) is 0.0361. The van der Waals surface area contributed by atoms with Crippen LogP contribution in [-0.4, -0.2) is 15.1 Å². The van der Waals surface area contributed by atoms with Crippen LogP contribution in [0.25, 0.3) is 0 Å². The van der Waals surface area contributed by atoms with Gasteiger partial charge in [-0.15, -0.1) is 0 Å². The van der Waals surface area contributed by atoms with Crippen LogP contribution < -0.4 is 0 Å². The minimum absolute atomic E-state index is 0.0361. The molecule has 0 bridgehead atoms. The Kier molecular flexibility index (Phi) is 3.50. The van der Waals surface area contributed by atoms with E-state index in [0.717, 1.165) is 5.56 Å². The normalized spacial score (nSPS) is 13.9. The summed E-state index contributed by atoms with van der Waals surface area (Å²) >= 11 is 0. The van der Waals surface area contributed by atoms with Crippen molar-refractivity contribution in [3.8, 4) is 0 Å². The Morgan fingerprint density at radius 2 is 1.86 bits per heavy atom. The molecule has 0 amide bonds. The highest BCUT2D eigenvalue weighted by atomic mass is 35.7. The summed E-state index contributed by atoms with van der Waals surface area (Å²) in [5.74, 6) is -0.220. The molecule has 1 aromatic carbocycles. The van der Waals surface area contributed by atoms with Crippen LogP contribution in [0.1, 0.15) is 18.4 Å². The first-order valence-corrected chi connectivity index (χ1v) is 6.36. The molecular formula is C9H10ClFO2S. The van der Waals surface area contributed by atoms with Gasteiger partial charge in [0.05, 0.1) is 11.6 Å². The monoisotopic (exact) mass is 236 g/mol. The summed E-state index contributed by atoms with van der Waals surface area (Å²) in [6.07, 6.45) is 0. The van der Waals surface area contributed by atoms with Crippen molar-refractivity contribution < 1.29 is 12.8 Å². The Bertz CT molecular complexity index is 399. The molecule has 1 atom stereocenters. The third kappa shape index (κ3) is 2.69. The van der Waals surface area contributed by atoms with Crippen LogP contribution in [0.4, 0.5) is 4.39 Å². The Morgan fingerprint density at radius 1 is 1.36 bits per heavy atom. The van der Waals surface area contributed by atoms with Crippen LogP contribution >= 0.6 is 10.7 Å². The summed E-state index contributed by atoms with van der Waals surface area (Å²) in [7, 11) is 1.45. The number of alkyl halides is 1. The molecule has 0 saturated heterocycles. The number of hydrogen-bond acceptors (Lipinski definition) is 2. The molecule has 0 aliphatic heterocycles. The molecule has 0 aromatic heterocycles. The lowest BCUT2D eigenvalue weighted by atomic mass is 10.0. The van der Waals surface area contributed by atoms with Crippen molar-refractivity contribution >= 4 is 19.7 Å². The van der Waals surface area contributed by atoms with E-state index in [0.29, 0.717) is 0 Å². The van der Waals surface area contributed by atoms with Gasteiger partial charge in [-0.25, -0.2) is 8.42 Å². The fraction of sp³-hybridized carbons (Fsp3) is 0.333. The van der Waals surface area contributed by atoms with Crippen LogP contribution in [0, 0.1) is 0 Å². The van der Waals surface area contributed by atoms with E-state index in [2.05, 4.69) is 0 Å². The van der Waals surface area contributed by atoms with Crippen molar-refractivity contribution in [2.24, 2.45) is 0 Å². The summed E-state index contributed by atoms with van der Waals surface area (Å²) in [5.41, 5.74) is 0.761. The predicted molar refractivity (Wildman–Crippen MR) is 53.9 cm³/mol. The maximum Gasteiger partial charge on any atom is 0.261 e. The van der Waals surface area contributed by atoms with Gasteiger partial charge in [-0.3, -0.25) is 4.39 Å². The number of halogens is 2. The first-order chi connectivity index (χ1) is 6.45. The lowest BCUT2D eigenvalue weighted by Crippen LogP contribution is -1.96. The Labute approximate surface area is 87.1 Å². The zero-order valence-corrected chi connectivity index (χ0v) is 9.15. The molecule has 1 unspecified atom stereocenters. The van der Waals surface area contributed by atoms with Gasteiger partial charge >= 0.3 is 0 Å². The smallest absolute Gasteiger partial charge is 0.250 e. The zero-order chi connectivity index (χ0) is 10.8. The molecule has 0 aliphatic rings. The number of benzene rings is 1. The highest BCUT2D eigenvalue weighted by molar-refractivity contribution is 8.13. The molecule has 0 radical (unpaired) electrons. The van der Waals surface area contributed by atoms with Crippen molar-refractivity contribution in [1.82, 2.24) is 0 Å². The molecule has 0 fully saturated rings. The van der Waals surface area contributed by atoms with Crippen molar-refractivity contribution in [3.05, 3.63) is 29.8 Å². The van der Waals surface area contributed by atoms with Gasteiger partial charge in [-0.05, 0) is 17.7 Å². The topological polar surface area (TPSA) is 34.1 Å². The van der Waals surface area contributed by atoms with Gasteiger partial charge in [0.25, 0.3) is 9.05 Å². The Hall–Kier alpha value is -0.610. The molecule has 0 saturated carbocycles. The molecule has 0 heterocycles. The third-order valence-electron chi connectivity index (χ3n) is 1.96. The first kappa shape index (κ1) is 11.5. The van der Waals surface area contributed by atoms with Crippen LogP contribution in [0.3, 0.4) is 0 Å². The maximum absolute atomic E-state index is 12.3. The van der Waals surface area contributed by atoms with Crippen molar-refractivity contribution in [3.63, 3.8) is 0 Å². The van der Waals surface area contributed by atoms with Crippen LogP contribution in [0.2, 0.25) is 0 Å². The van der Waals surface area contributed by atoms with Gasteiger partial charge in [0, 0.05) is 16.6 Å². The highest BCUT2D eigenvalue weighted by Gasteiger charge is 2.10. The average molecular weight is 237 g/mol. The largest absolute Gasteiger partial charge is 0.261 e. The Balaban J connectivity index is 3.01. The van der Waals surface area contributed by atoms with E-state index >= 15 is 0 Å². The van der Waals surface area contributed by atoms with Crippen LogP contribution in [0.5, 0.6) is 0 Å². The fourth-order valence-electron chi connectivity index (χ4n) is 1.05. The van der Waals surface area contributed by atoms with Gasteiger partial charge in [0.1, 0.15) is 0 Å². The van der Waals surface area contributed by atoms with Gasteiger partial charge in [0.15, 0.2) is 0 Å². The molecule has 78 valence electrons. The van der Waals surface area contributed by atoms with Crippen molar-refractivity contribution in [2.45, 2.75) is 17.7 Å². The SMILES string of the molecule is CC(CF)c1ccc(S(=O)(=O)Cl)cc1. The van der Waals surface area contributed by atoms with E-state index in [4.69, 9.17) is 10.7 Å². The number of hydrogen-bond donors (Lipinski definition) is 0. The molecule has 1 rings (SSSR count). The second-order valence-corrected chi connectivity index (χ2v) is 5.63. The second-order valence-electron chi connectivity index (χ2n) is 3.06. The predicted octanol–water partition coefficient (Wildman–Crippen LogP) is 2.69. The molecule has 14 heavy (non-hydrogen) atoms. The number of rotatable bonds is 3. The Morgan fingerprint density at radius 3 is 2.21 bits per heavy atom. The van der Waals surface area contributed by atoms with E-state index in [1.165, 1.54) is 12.1 Å². The molecule has 2 nitrogen and oxygen atoms in total. The van der Waals surface area contributed by atoms with Crippen molar-refractivity contribution in [2.75, 3.05) is 6.67 Å². The second kappa shape index (κ2) is 4.28. The summed E-state index contributed by atoms with van der Waals surface area (Å²) in [6, 6.07) is 5.90. The standard InChI is InChI=1S/C9H10ClFO2S/c1-7(6-11)8-2-4-9(5-3-8)14(10,12)13/h2-5,7H,6H2,1H3. The van der Waals surface area contributed by atoms with E-state index < -0.39 is 15.7 Å². The minimum atomic E-state index is -3.67. The third-order valence-corrected chi connectivity index (χ3v) is 3.33. The van der Waals surface area contributed by atoms with Gasteiger partial charge in [-0.1, -0.05) is 19.1 Å². The quantitative estimate of drug-likeness (QED) is 0.757. The van der Waals surface area contributed by atoms with Gasteiger partial charge < -0.3 is 0 Å². The lowest BCUT2D eigenvalue weighted by Gasteiger charge is -2.06. The molecule has 0 spiro atoms. The molecule has 1 aromatic rings. The summed E-state index contributed by atoms with van der Waals surface area (Å²) < 4.78 is 34.0. The average Bonchev–Trinajstić information content (AvgIpc) is 2.15. The fourth-order valence-corrected chi connectivity index (χ4v) is 1.82.